The molecule has 1 rings (SSSR count). The van der Waals surface area contributed by atoms with Gasteiger partial charge in [0.1, 0.15) is 6.61 Å². The molecule has 2 amide bonds. The fourth-order valence-corrected chi connectivity index (χ4v) is 2.16. The maximum Gasteiger partial charge on any atom is 0.341 e. The van der Waals surface area contributed by atoms with Crippen molar-refractivity contribution in [3.05, 3.63) is 35.9 Å². The monoisotopic (exact) mass is 316 g/mol. The first-order chi connectivity index (χ1) is 9.92. The Bertz CT molecular complexity index is 477. The summed E-state index contributed by atoms with van der Waals surface area (Å²) in [5.74, 6) is 0. The SMILES string of the molecule is CCNC(=O)N(CCCP(=O)(O)O)OCc1ccccc1. The number of amides is 2. The van der Waals surface area contributed by atoms with E-state index in [1.165, 1.54) is 0 Å². The highest BCUT2D eigenvalue weighted by Crippen LogP contribution is 2.34. The number of nitrogens with one attached hydrogen (secondary N) is 1. The molecule has 0 aliphatic heterocycles. The van der Waals surface area contributed by atoms with E-state index in [-0.39, 0.29) is 25.7 Å². The number of hydrogen-bond donors (Lipinski definition) is 3. The predicted octanol–water partition coefficient (Wildman–Crippen LogP) is 1.72. The third-order valence-corrected chi connectivity index (χ3v) is 3.49. The van der Waals surface area contributed by atoms with Crippen molar-refractivity contribution in [3.63, 3.8) is 0 Å². The molecule has 0 fully saturated rings. The number of hydroxylamine groups is 2. The summed E-state index contributed by atoms with van der Waals surface area (Å²) in [7, 11) is -4.06. The second-order valence-electron chi connectivity index (χ2n) is 4.44. The number of rotatable bonds is 8. The molecule has 0 radical (unpaired) electrons. The van der Waals surface area contributed by atoms with E-state index in [4.69, 9.17) is 14.6 Å². The topological polar surface area (TPSA) is 99.1 Å². The van der Waals surface area contributed by atoms with E-state index in [0.29, 0.717) is 6.54 Å². The molecule has 7 nitrogen and oxygen atoms in total. The molecule has 1 aromatic carbocycles. The summed E-state index contributed by atoms with van der Waals surface area (Å²) in [6.45, 7) is 2.56. The Hall–Kier alpha value is -1.40. The molecule has 0 aliphatic rings. The van der Waals surface area contributed by atoms with E-state index in [9.17, 15) is 9.36 Å². The van der Waals surface area contributed by atoms with Gasteiger partial charge in [0.2, 0.25) is 0 Å². The van der Waals surface area contributed by atoms with Crippen LogP contribution in [-0.4, -0.2) is 40.1 Å². The highest BCUT2D eigenvalue weighted by molar-refractivity contribution is 7.51. The third-order valence-electron chi connectivity index (χ3n) is 2.60. The van der Waals surface area contributed by atoms with Crippen LogP contribution in [0.3, 0.4) is 0 Å². The quantitative estimate of drug-likeness (QED) is 0.501. The molecule has 3 N–H and O–H groups in total. The largest absolute Gasteiger partial charge is 0.341 e. The zero-order valence-corrected chi connectivity index (χ0v) is 12.8. The van der Waals surface area contributed by atoms with E-state index in [2.05, 4.69) is 5.32 Å². The van der Waals surface area contributed by atoms with Crippen molar-refractivity contribution in [1.82, 2.24) is 10.4 Å². The van der Waals surface area contributed by atoms with Crippen LogP contribution in [0.4, 0.5) is 4.79 Å². The van der Waals surface area contributed by atoms with Crippen LogP contribution in [0.1, 0.15) is 18.9 Å². The Balaban J connectivity index is 2.52. The number of carbonyl (C=O) groups excluding carboxylic acids is 1. The molecule has 0 aliphatic carbocycles. The summed E-state index contributed by atoms with van der Waals surface area (Å²) < 4.78 is 10.8. The van der Waals surface area contributed by atoms with Crippen molar-refractivity contribution >= 4 is 13.6 Å². The average molecular weight is 316 g/mol. The Morgan fingerprint density at radius 1 is 1.33 bits per heavy atom. The minimum absolute atomic E-state index is 0.115. The van der Waals surface area contributed by atoms with Gasteiger partial charge in [-0.15, -0.1) is 0 Å². The molecular formula is C13H21N2O5P. The van der Waals surface area contributed by atoms with Gasteiger partial charge in [-0.1, -0.05) is 30.3 Å². The lowest BCUT2D eigenvalue weighted by atomic mass is 10.2. The average Bonchev–Trinajstić information content (AvgIpc) is 2.42. The van der Waals surface area contributed by atoms with Gasteiger partial charge in [0.05, 0.1) is 12.7 Å². The number of carbonyl (C=O) groups is 1. The number of hydrogen-bond acceptors (Lipinski definition) is 3. The van der Waals surface area contributed by atoms with E-state index in [0.717, 1.165) is 10.6 Å². The van der Waals surface area contributed by atoms with Crippen molar-refractivity contribution in [2.75, 3.05) is 19.3 Å². The molecule has 1 aromatic rings. The van der Waals surface area contributed by atoms with Crippen LogP contribution < -0.4 is 5.32 Å². The molecule has 118 valence electrons. The van der Waals surface area contributed by atoms with E-state index in [1.807, 2.05) is 30.3 Å². The first kappa shape index (κ1) is 17.7. The van der Waals surface area contributed by atoms with Gasteiger partial charge < -0.3 is 15.1 Å². The molecular weight excluding hydrogens is 295 g/mol. The fraction of sp³-hybridized carbons (Fsp3) is 0.462. The molecule has 0 unspecified atom stereocenters. The summed E-state index contributed by atoms with van der Waals surface area (Å²) >= 11 is 0. The van der Waals surface area contributed by atoms with Crippen LogP contribution >= 0.6 is 7.60 Å². The molecule has 0 heterocycles. The summed E-state index contributed by atoms with van der Waals surface area (Å²) in [6.07, 6.45) is -0.117. The van der Waals surface area contributed by atoms with Gasteiger partial charge in [0.25, 0.3) is 0 Å². The maximum absolute atomic E-state index is 11.8. The first-order valence-electron chi connectivity index (χ1n) is 6.69. The lowest BCUT2D eigenvalue weighted by Crippen LogP contribution is -2.40. The summed E-state index contributed by atoms with van der Waals surface area (Å²) in [5.41, 5.74) is 0.904. The highest BCUT2D eigenvalue weighted by atomic mass is 31.2. The van der Waals surface area contributed by atoms with Gasteiger partial charge >= 0.3 is 13.6 Å². The van der Waals surface area contributed by atoms with Crippen molar-refractivity contribution in [3.8, 4) is 0 Å². The summed E-state index contributed by atoms with van der Waals surface area (Å²) in [4.78, 5) is 34.9. The lowest BCUT2D eigenvalue weighted by molar-refractivity contribution is -0.128. The maximum atomic E-state index is 11.8. The highest BCUT2D eigenvalue weighted by Gasteiger charge is 2.17. The summed E-state index contributed by atoms with van der Waals surface area (Å²) in [5, 5.41) is 3.70. The molecule has 0 bridgehead atoms. The lowest BCUT2D eigenvalue weighted by Gasteiger charge is -2.22. The van der Waals surface area contributed by atoms with Crippen LogP contribution in [-0.2, 0) is 16.0 Å². The number of urea groups is 1. The minimum Gasteiger partial charge on any atom is -0.336 e. The van der Waals surface area contributed by atoms with Gasteiger partial charge in [-0.25, -0.2) is 9.86 Å². The van der Waals surface area contributed by atoms with Crippen molar-refractivity contribution in [1.29, 1.82) is 0 Å². The van der Waals surface area contributed by atoms with Crippen LogP contribution in [0, 0.1) is 0 Å². The zero-order chi connectivity index (χ0) is 15.7. The Morgan fingerprint density at radius 3 is 2.57 bits per heavy atom. The van der Waals surface area contributed by atoms with Crippen molar-refractivity contribution in [2.24, 2.45) is 0 Å². The molecule has 21 heavy (non-hydrogen) atoms. The van der Waals surface area contributed by atoms with Gasteiger partial charge in [-0.2, -0.15) is 0 Å². The van der Waals surface area contributed by atoms with Gasteiger partial charge in [-0.3, -0.25) is 9.40 Å². The second-order valence-corrected chi connectivity index (χ2v) is 6.22. The Kier molecular flexibility index (Phi) is 7.39. The van der Waals surface area contributed by atoms with Crippen molar-refractivity contribution in [2.45, 2.75) is 20.0 Å². The van der Waals surface area contributed by atoms with Gasteiger partial charge in [0, 0.05) is 6.54 Å². The number of nitrogens with zero attached hydrogens (tertiary/aromatic N) is 1. The molecule has 0 saturated carbocycles. The second kappa shape index (κ2) is 8.79. The summed E-state index contributed by atoms with van der Waals surface area (Å²) in [6, 6.07) is 8.92. The molecule has 0 aromatic heterocycles. The molecule has 0 spiro atoms. The number of benzene rings is 1. The van der Waals surface area contributed by atoms with Crippen LogP contribution in [0.5, 0.6) is 0 Å². The van der Waals surface area contributed by atoms with E-state index < -0.39 is 13.6 Å². The van der Waals surface area contributed by atoms with Gasteiger partial charge in [-0.05, 0) is 18.9 Å². The van der Waals surface area contributed by atoms with E-state index in [1.54, 1.807) is 6.92 Å². The van der Waals surface area contributed by atoms with Crippen LogP contribution in [0.15, 0.2) is 30.3 Å². The molecule has 0 atom stereocenters. The predicted molar refractivity (Wildman–Crippen MR) is 78.5 cm³/mol. The van der Waals surface area contributed by atoms with Crippen LogP contribution in [0.25, 0.3) is 0 Å². The zero-order valence-electron chi connectivity index (χ0n) is 11.9. The van der Waals surface area contributed by atoms with E-state index >= 15 is 0 Å². The fourth-order valence-electron chi connectivity index (χ4n) is 1.61. The Morgan fingerprint density at radius 2 is 2.00 bits per heavy atom. The Labute approximate surface area is 124 Å². The third kappa shape index (κ3) is 7.82. The van der Waals surface area contributed by atoms with Gasteiger partial charge in [0.15, 0.2) is 0 Å². The smallest absolute Gasteiger partial charge is 0.336 e. The van der Waals surface area contributed by atoms with Crippen molar-refractivity contribution < 1.29 is 24.0 Å². The molecule has 0 saturated heterocycles. The minimum atomic E-state index is -4.06. The normalized spacial score (nSPS) is 11.2. The standard InChI is InChI=1S/C13H21N2O5P/c1-2-14-13(16)15(9-6-10-21(17,18)19)20-11-12-7-4-3-5-8-12/h3-5,7-8H,2,6,9-11H2,1H3,(H,14,16)(H2,17,18,19). The van der Waals surface area contributed by atoms with Crippen LogP contribution in [0.2, 0.25) is 0 Å². The first-order valence-corrected chi connectivity index (χ1v) is 8.49. The molecule has 8 heteroatoms.